The van der Waals surface area contributed by atoms with Crippen molar-refractivity contribution in [3.8, 4) is 34.3 Å². The monoisotopic (exact) mass is 961 g/mol. The molecule has 0 saturated carbocycles. The highest BCUT2D eigenvalue weighted by Crippen LogP contribution is 2.40. The van der Waals surface area contributed by atoms with Crippen molar-refractivity contribution >= 4 is 63.9 Å². The zero-order valence-electron chi connectivity index (χ0n) is 38.5. The molecular formula is C51H53ClFN7O7S. The number of carbonyl (C=O) groups is 4. The first kappa shape index (κ1) is 49.2. The van der Waals surface area contributed by atoms with Crippen LogP contribution in [-0.4, -0.2) is 82.6 Å². The number of hydrogen-bond donors (Lipinski definition) is 2. The van der Waals surface area contributed by atoms with E-state index >= 15 is 4.39 Å². The van der Waals surface area contributed by atoms with Crippen LogP contribution >= 0.6 is 23.8 Å². The molecule has 1 aromatic heterocycles. The summed E-state index contributed by atoms with van der Waals surface area (Å²) in [6.07, 6.45) is 5.55. The van der Waals surface area contributed by atoms with Gasteiger partial charge in [0.15, 0.2) is 23.1 Å². The Morgan fingerprint density at radius 2 is 1.65 bits per heavy atom. The van der Waals surface area contributed by atoms with E-state index in [2.05, 4.69) is 15.6 Å². The van der Waals surface area contributed by atoms with Gasteiger partial charge in [0.1, 0.15) is 36.0 Å². The van der Waals surface area contributed by atoms with Gasteiger partial charge in [-0.15, -0.1) is 0 Å². The molecule has 2 N–H and O–H groups in total. The summed E-state index contributed by atoms with van der Waals surface area (Å²) in [7, 11) is 0. The van der Waals surface area contributed by atoms with Crippen LogP contribution in [0, 0.1) is 22.6 Å². The average Bonchev–Trinajstić information content (AvgIpc) is 4.08. The van der Waals surface area contributed by atoms with Crippen LogP contribution in [0.15, 0.2) is 102 Å². The Hall–Kier alpha value is -6.67. The van der Waals surface area contributed by atoms with Gasteiger partial charge in [-0.3, -0.25) is 24.1 Å². The summed E-state index contributed by atoms with van der Waals surface area (Å²) < 4.78 is 32.2. The van der Waals surface area contributed by atoms with Crippen LogP contribution in [0.4, 0.5) is 15.8 Å². The first-order chi connectivity index (χ1) is 32.5. The molecule has 3 heterocycles. The molecule has 17 heteroatoms. The summed E-state index contributed by atoms with van der Waals surface area (Å²) in [4.78, 5) is 62.2. The molecule has 2 fully saturated rings. The van der Waals surface area contributed by atoms with E-state index in [0.717, 1.165) is 27.2 Å². The Morgan fingerprint density at radius 1 is 0.985 bits per heavy atom. The Balaban J connectivity index is 0.828. The number of halogens is 2. The topological polar surface area (TPSA) is 170 Å². The lowest BCUT2D eigenvalue weighted by Crippen LogP contribution is -2.58. The van der Waals surface area contributed by atoms with Crippen LogP contribution in [0.2, 0.25) is 5.02 Å². The number of rotatable bonds is 17. The van der Waals surface area contributed by atoms with E-state index in [0.29, 0.717) is 69.2 Å². The number of amides is 4. The summed E-state index contributed by atoms with van der Waals surface area (Å²) in [6, 6.07) is 25.8. The van der Waals surface area contributed by atoms with Gasteiger partial charge in [-0.1, -0.05) is 80.9 Å². The van der Waals surface area contributed by atoms with Crippen LogP contribution in [0.5, 0.6) is 5.75 Å². The quantitative estimate of drug-likeness (QED) is 0.0676. The fraction of sp³-hybridized carbons (Fsp3) is 0.353. The lowest BCUT2D eigenvalue weighted by molar-refractivity contribution is -0.144. The third-order valence-electron chi connectivity index (χ3n) is 12.0. The van der Waals surface area contributed by atoms with E-state index in [1.165, 1.54) is 18.5 Å². The van der Waals surface area contributed by atoms with Crippen molar-refractivity contribution < 1.29 is 37.5 Å². The minimum Gasteiger partial charge on any atom is -0.494 e. The molecule has 354 valence electrons. The number of carbonyl (C=O) groups excluding carboxylic acids is 4. The maximum Gasteiger partial charge on any atom is 0.259 e. The molecule has 0 spiro atoms. The van der Waals surface area contributed by atoms with Crippen LogP contribution in [0.1, 0.15) is 71.4 Å². The van der Waals surface area contributed by atoms with Gasteiger partial charge in [-0.05, 0) is 110 Å². The van der Waals surface area contributed by atoms with Gasteiger partial charge in [-0.25, -0.2) is 9.37 Å². The zero-order chi connectivity index (χ0) is 48.8. The van der Waals surface area contributed by atoms with Crippen molar-refractivity contribution in [3.05, 3.63) is 119 Å². The Kier molecular flexibility index (Phi) is 15.3. The molecule has 0 aliphatic carbocycles. The molecule has 7 rings (SSSR count). The molecule has 2 aliphatic heterocycles. The summed E-state index contributed by atoms with van der Waals surface area (Å²) in [5.74, 6) is -0.936. The third kappa shape index (κ3) is 10.9. The second-order valence-electron chi connectivity index (χ2n) is 18.2. The van der Waals surface area contributed by atoms with Crippen LogP contribution in [-0.2, 0) is 30.5 Å². The minimum absolute atomic E-state index is 0.0422. The smallest absolute Gasteiger partial charge is 0.259 e. The summed E-state index contributed by atoms with van der Waals surface area (Å²) in [6.45, 7) is 10.3. The van der Waals surface area contributed by atoms with E-state index in [1.54, 1.807) is 29.8 Å². The maximum absolute atomic E-state index is 15.3. The molecular weight excluding hydrogens is 909 g/mol. The lowest BCUT2D eigenvalue weighted by atomic mass is 9.85. The number of aromatic nitrogens is 1. The molecule has 2 atom stereocenters. The average molecular weight is 963 g/mol. The number of hydrogen-bond acceptors (Lipinski definition) is 10. The number of anilines is 2. The Labute approximate surface area is 405 Å². The predicted octanol–water partition coefficient (Wildman–Crippen LogP) is 8.60. The van der Waals surface area contributed by atoms with Gasteiger partial charge in [-0.2, -0.15) is 5.26 Å². The van der Waals surface area contributed by atoms with E-state index < -0.39 is 40.7 Å². The zero-order valence-corrected chi connectivity index (χ0v) is 40.1. The fourth-order valence-corrected chi connectivity index (χ4v) is 8.94. The second-order valence-corrected chi connectivity index (χ2v) is 18.9. The number of benzene rings is 4. The molecule has 4 amide bonds. The van der Waals surface area contributed by atoms with Crippen molar-refractivity contribution in [3.63, 3.8) is 0 Å². The molecule has 0 bridgehead atoms. The normalized spacial score (nSPS) is 16.1. The molecule has 68 heavy (non-hydrogen) atoms. The number of oxazole rings is 1. The molecule has 2 saturated heterocycles. The first-order valence-corrected chi connectivity index (χ1v) is 23.1. The molecule has 1 unspecified atom stereocenters. The van der Waals surface area contributed by atoms with Gasteiger partial charge < -0.3 is 34.3 Å². The number of likely N-dealkylation sites (tertiary alicyclic amines) is 1. The molecule has 0 radical (unpaired) electrons. The summed E-state index contributed by atoms with van der Waals surface area (Å²) in [5.41, 5.74) is 2.35. The molecule has 5 aromatic rings. The van der Waals surface area contributed by atoms with Gasteiger partial charge in [0, 0.05) is 30.9 Å². The predicted molar refractivity (Wildman–Crippen MR) is 260 cm³/mol. The van der Waals surface area contributed by atoms with E-state index in [9.17, 15) is 24.4 Å². The van der Waals surface area contributed by atoms with E-state index in [1.807, 2.05) is 99.6 Å². The molecule has 2 aliphatic rings. The fourth-order valence-electron chi connectivity index (χ4n) is 8.22. The summed E-state index contributed by atoms with van der Waals surface area (Å²) in [5, 5.41) is 14.8. The first-order valence-electron chi connectivity index (χ1n) is 22.3. The van der Waals surface area contributed by atoms with Gasteiger partial charge in [0.25, 0.3) is 5.91 Å². The van der Waals surface area contributed by atoms with Crippen molar-refractivity contribution in [2.75, 3.05) is 36.2 Å². The van der Waals surface area contributed by atoms with E-state index in [-0.39, 0.29) is 39.8 Å². The Bertz CT molecular complexity index is 2690. The van der Waals surface area contributed by atoms with Gasteiger partial charge in [0.05, 0.1) is 29.1 Å². The SMILES string of the molecule is CC(C)(C)C(NC(=O)COCCCCOc1ccc(-c2ccc(N3C(=S)N(c4ccc(C#N)c(Cl)c4F)C(=O)C3(C)C)cc2)cc1)C(=O)N1CCC[C@H]1C(=O)NCc1ccc(-c2cnco2)cc1. The largest absolute Gasteiger partial charge is 0.494 e. The number of thiocarbonyl (C=S) groups is 1. The van der Waals surface area contributed by atoms with Crippen molar-refractivity contribution in [1.82, 2.24) is 20.5 Å². The summed E-state index contributed by atoms with van der Waals surface area (Å²) >= 11 is 11.8. The highest BCUT2D eigenvalue weighted by atomic mass is 35.5. The highest BCUT2D eigenvalue weighted by Gasteiger charge is 2.51. The third-order valence-corrected chi connectivity index (χ3v) is 12.7. The van der Waals surface area contributed by atoms with Gasteiger partial charge >= 0.3 is 0 Å². The number of nitrogens with one attached hydrogen (secondary N) is 2. The molecule has 4 aromatic carbocycles. The maximum atomic E-state index is 15.3. The number of ether oxygens (including phenoxy) is 2. The minimum atomic E-state index is -1.14. The lowest BCUT2D eigenvalue weighted by Gasteiger charge is -2.35. The number of nitrogens with zero attached hydrogens (tertiary/aromatic N) is 5. The highest BCUT2D eigenvalue weighted by molar-refractivity contribution is 7.81. The second kappa shape index (κ2) is 21.1. The van der Waals surface area contributed by atoms with Crippen LogP contribution in [0.3, 0.4) is 0 Å². The van der Waals surface area contributed by atoms with Crippen LogP contribution < -0.4 is 25.2 Å². The Morgan fingerprint density at radius 3 is 2.29 bits per heavy atom. The van der Waals surface area contributed by atoms with Crippen LogP contribution in [0.25, 0.3) is 22.5 Å². The number of nitriles is 1. The van der Waals surface area contributed by atoms with Gasteiger partial charge in [0.2, 0.25) is 17.7 Å². The standard InChI is InChI=1S/C51H53ClFN7O7S/c1-50(2,3)45(47(63)58-24-8-9-40(58)46(62)56-28-32-10-12-35(13-11-32)41-29-55-31-67-41)57-42(61)30-65-25-6-7-26-66-38-21-16-34(17-22-38)33-14-19-37(20-15-33)60-49(68)59(48(64)51(60,4)5)39-23-18-36(27-54)43(52)44(39)53/h10-23,29,31,40,45H,6-9,24-26,28,30H2,1-5H3,(H,56,62)(H,57,61)/t40-,45?/m0/s1. The van der Waals surface area contributed by atoms with Crippen molar-refractivity contribution in [2.45, 2.75) is 84.5 Å². The van der Waals surface area contributed by atoms with E-state index in [4.69, 9.17) is 37.7 Å². The molecule has 14 nitrogen and oxygen atoms in total. The van der Waals surface area contributed by atoms with Crippen molar-refractivity contribution in [1.29, 1.82) is 5.26 Å². The number of unbranched alkanes of at least 4 members (excludes halogenated alkanes) is 1. The van der Waals surface area contributed by atoms with Crippen molar-refractivity contribution in [2.24, 2.45) is 5.41 Å².